The molecule has 0 saturated carbocycles. The van der Waals surface area contributed by atoms with Crippen LogP contribution < -0.4 is 5.32 Å². The van der Waals surface area contributed by atoms with E-state index in [9.17, 15) is 18.4 Å². The predicted molar refractivity (Wildman–Crippen MR) is 80.0 cm³/mol. The highest BCUT2D eigenvalue weighted by atomic mass is 35.5. The number of halogens is 3. The SMILES string of the molecule is CN(CC(=O)N1CCNCC1)C(=O)c1cc(F)cc(F)c1.Cl. The Morgan fingerprint density at radius 3 is 2.27 bits per heavy atom. The van der Waals surface area contributed by atoms with Crippen LogP contribution in [0.1, 0.15) is 10.4 Å². The summed E-state index contributed by atoms with van der Waals surface area (Å²) in [4.78, 5) is 26.9. The van der Waals surface area contributed by atoms with Crippen LogP contribution >= 0.6 is 12.4 Å². The molecule has 0 spiro atoms. The van der Waals surface area contributed by atoms with Crippen molar-refractivity contribution in [3.05, 3.63) is 35.4 Å². The maximum absolute atomic E-state index is 13.1. The second-order valence-electron chi connectivity index (χ2n) is 4.95. The smallest absolute Gasteiger partial charge is 0.254 e. The van der Waals surface area contributed by atoms with Crippen LogP contribution in [-0.4, -0.2) is 61.4 Å². The van der Waals surface area contributed by atoms with Gasteiger partial charge in [0.15, 0.2) is 0 Å². The van der Waals surface area contributed by atoms with Gasteiger partial charge in [-0.15, -0.1) is 12.4 Å². The molecule has 1 heterocycles. The van der Waals surface area contributed by atoms with Gasteiger partial charge in [0.2, 0.25) is 5.91 Å². The Balaban J connectivity index is 0.00000242. The molecular weight excluding hydrogens is 316 g/mol. The maximum atomic E-state index is 13.1. The molecule has 1 aromatic carbocycles. The van der Waals surface area contributed by atoms with Crippen molar-refractivity contribution in [3.8, 4) is 0 Å². The van der Waals surface area contributed by atoms with Gasteiger partial charge in [-0.25, -0.2) is 8.78 Å². The average Bonchev–Trinajstić information content (AvgIpc) is 2.46. The van der Waals surface area contributed by atoms with Gasteiger partial charge in [-0.1, -0.05) is 0 Å². The lowest BCUT2D eigenvalue weighted by Crippen LogP contribution is -2.49. The molecule has 0 unspecified atom stereocenters. The third kappa shape index (κ3) is 4.64. The van der Waals surface area contributed by atoms with Crippen molar-refractivity contribution < 1.29 is 18.4 Å². The molecule has 1 aliphatic rings. The Hall–Kier alpha value is -1.73. The van der Waals surface area contributed by atoms with E-state index in [-0.39, 0.29) is 30.4 Å². The first-order chi connectivity index (χ1) is 9.97. The summed E-state index contributed by atoms with van der Waals surface area (Å²) in [6, 6.07) is 2.61. The zero-order valence-electron chi connectivity index (χ0n) is 12.1. The highest BCUT2D eigenvalue weighted by Gasteiger charge is 2.21. The average molecular weight is 334 g/mol. The van der Waals surface area contributed by atoms with Crippen molar-refractivity contribution in [2.75, 3.05) is 39.8 Å². The Labute approximate surface area is 133 Å². The fraction of sp³-hybridized carbons (Fsp3) is 0.429. The lowest BCUT2D eigenvalue weighted by molar-refractivity contribution is -0.132. The third-order valence-electron chi connectivity index (χ3n) is 3.30. The number of amides is 2. The number of nitrogens with one attached hydrogen (secondary N) is 1. The second-order valence-corrected chi connectivity index (χ2v) is 4.95. The van der Waals surface area contributed by atoms with E-state index in [1.165, 1.54) is 11.9 Å². The van der Waals surface area contributed by atoms with Crippen molar-refractivity contribution in [2.45, 2.75) is 0 Å². The number of hydrogen-bond donors (Lipinski definition) is 1. The number of hydrogen-bond acceptors (Lipinski definition) is 3. The number of carbonyl (C=O) groups is 2. The maximum Gasteiger partial charge on any atom is 0.254 e. The van der Waals surface area contributed by atoms with E-state index in [1.54, 1.807) is 4.90 Å². The Kier molecular flexibility index (Phi) is 6.70. The first-order valence-corrected chi connectivity index (χ1v) is 6.67. The van der Waals surface area contributed by atoms with Crippen LogP contribution in [0.15, 0.2) is 18.2 Å². The second kappa shape index (κ2) is 8.05. The van der Waals surface area contributed by atoms with Crippen molar-refractivity contribution in [2.24, 2.45) is 0 Å². The summed E-state index contributed by atoms with van der Waals surface area (Å²) in [5.41, 5.74) is -0.108. The quantitative estimate of drug-likeness (QED) is 0.894. The van der Waals surface area contributed by atoms with E-state index in [1.807, 2.05) is 0 Å². The molecule has 8 heteroatoms. The molecule has 0 bridgehead atoms. The van der Waals surface area contributed by atoms with Crippen LogP contribution in [0, 0.1) is 11.6 Å². The fourth-order valence-corrected chi connectivity index (χ4v) is 2.19. The van der Waals surface area contributed by atoms with E-state index in [4.69, 9.17) is 0 Å². The Bertz CT molecular complexity index is 531. The van der Waals surface area contributed by atoms with Gasteiger partial charge in [0.25, 0.3) is 5.91 Å². The number of carbonyl (C=O) groups excluding carboxylic acids is 2. The standard InChI is InChI=1S/C14H17F2N3O2.ClH/c1-18(9-13(20)19-4-2-17-3-5-19)14(21)10-6-11(15)8-12(16)7-10;/h6-8,17H,2-5,9H2,1H3;1H. The number of benzene rings is 1. The zero-order chi connectivity index (χ0) is 15.4. The highest BCUT2D eigenvalue weighted by Crippen LogP contribution is 2.10. The minimum atomic E-state index is -0.819. The number of piperazine rings is 1. The third-order valence-corrected chi connectivity index (χ3v) is 3.30. The minimum Gasteiger partial charge on any atom is -0.339 e. The monoisotopic (exact) mass is 333 g/mol. The van der Waals surface area contributed by atoms with Gasteiger partial charge in [0.05, 0.1) is 6.54 Å². The van der Waals surface area contributed by atoms with Crippen molar-refractivity contribution in [1.29, 1.82) is 0 Å². The van der Waals surface area contributed by atoms with Gasteiger partial charge in [0.1, 0.15) is 11.6 Å². The Morgan fingerprint density at radius 2 is 1.73 bits per heavy atom. The zero-order valence-corrected chi connectivity index (χ0v) is 13.0. The molecule has 2 rings (SSSR count). The topological polar surface area (TPSA) is 52.7 Å². The van der Waals surface area contributed by atoms with Crippen LogP contribution in [-0.2, 0) is 4.79 Å². The van der Waals surface area contributed by atoms with Crippen molar-refractivity contribution in [3.63, 3.8) is 0 Å². The molecule has 1 N–H and O–H groups in total. The van der Waals surface area contributed by atoms with Crippen LogP contribution in [0.4, 0.5) is 8.78 Å². The molecule has 5 nitrogen and oxygen atoms in total. The summed E-state index contributed by atoms with van der Waals surface area (Å²) in [5, 5.41) is 3.13. The van der Waals surface area contributed by atoms with E-state index < -0.39 is 17.5 Å². The van der Waals surface area contributed by atoms with Gasteiger partial charge in [0, 0.05) is 44.9 Å². The summed E-state index contributed by atoms with van der Waals surface area (Å²) in [6.45, 7) is 2.51. The first-order valence-electron chi connectivity index (χ1n) is 6.67. The molecule has 122 valence electrons. The molecule has 0 radical (unpaired) electrons. The van der Waals surface area contributed by atoms with Crippen molar-refractivity contribution >= 4 is 24.2 Å². The highest BCUT2D eigenvalue weighted by molar-refractivity contribution is 5.96. The molecule has 22 heavy (non-hydrogen) atoms. The van der Waals surface area contributed by atoms with Crippen LogP contribution in [0.2, 0.25) is 0 Å². The van der Waals surface area contributed by atoms with E-state index in [0.29, 0.717) is 19.2 Å². The molecule has 1 saturated heterocycles. The molecule has 0 atom stereocenters. The van der Waals surface area contributed by atoms with E-state index >= 15 is 0 Å². The minimum absolute atomic E-state index is 0. The number of rotatable bonds is 3. The summed E-state index contributed by atoms with van der Waals surface area (Å²) >= 11 is 0. The molecule has 0 aromatic heterocycles. The molecule has 1 aromatic rings. The van der Waals surface area contributed by atoms with Crippen molar-refractivity contribution in [1.82, 2.24) is 15.1 Å². The number of nitrogens with zero attached hydrogens (tertiary/aromatic N) is 2. The van der Waals surface area contributed by atoms with Crippen LogP contribution in [0.25, 0.3) is 0 Å². The normalized spacial score (nSPS) is 14.2. The van der Waals surface area contributed by atoms with Gasteiger partial charge >= 0.3 is 0 Å². The fourth-order valence-electron chi connectivity index (χ4n) is 2.19. The van der Waals surface area contributed by atoms with Crippen LogP contribution in [0.3, 0.4) is 0 Å². The van der Waals surface area contributed by atoms with E-state index in [0.717, 1.165) is 25.2 Å². The van der Waals surface area contributed by atoms with Gasteiger partial charge in [-0.2, -0.15) is 0 Å². The summed E-state index contributed by atoms with van der Waals surface area (Å²) in [5.74, 6) is -2.40. The lowest BCUT2D eigenvalue weighted by Gasteiger charge is -2.29. The molecule has 2 amide bonds. The molecule has 1 aliphatic heterocycles. The largest absolute Gasteiger partial charge is 0.339 e. The van der Waals surface area contributed by atoms with Gasteiger partial charge in [-0.3, -0.25) is 9.59 Å². The van der Waals surface area contributed by atoms with Gasteiger partial charge in [-0.05, 0) is 12.1 Å². The summed E-state index contributed by atoms with van der Waals surface area (Å²) < 4.78 is 26.2. The van der Waals surface area contributed by atoms with Gasteiger partial charge < -0.3 is 15.1 Å². The molecule has 0 aliphatic carbocycles. The van der Waals surface area contributed by atoms with E-state index in [2.05, 4.69) is 5.32 Å². The lowest BCUT2D eigenvalue weighted by atomic mass is 10.2. The molecule has 1 fully saturated rings. The Morgan fingerprint density at radius 1 is 1.18 bits per heavy atom. The molecular formula is C14H18ClF2N3O2. The summed E-state index contributed by atoms with van der Waals surface area (Å²) in [7, 11) is 1.44. The predicted octanol–water partition coefficient (Wildman–Crippen LogP) is 0.890. The first kappa shape index (κ1) is 18.3. The summed E-state index contributed by atoms with van der Waals surface area (Å²) in [6.07, 6.45) is 0. The number of likely N-dealkylation sites (N-methyl/N-ethyl adjacent to an activating group) is 1. The van der Waals surface area contributed by atoms with Crippen LogP contribution in [0.5, 0.6) is 0 Å².